The molecule has 1 amide bonds. The van der Waals surface area contributed by atoms with Crippen molar-refractivity contribution in [2.45, 2.75) is 32.2 Å². The monoisotopic (exact) mass is 490 g/mol. The maximum Gasteiger partial charge on any atom is 0.246 e. The third kappa shape index (κ3) is 4.11. The van der Waals surface area contributed by atoms with Crippen molar-refractivity contribution in [2.24, 2.45) is 0 Å². The zero-order valence-electron chi connectivity index (χ0n) is 19.4. The van der Waals surface area contributed by atoms with Gasteiger partial charge in [-0.05, 0) is 23.6 Å². The number of aliphatic hydroxyl groups is 1. The summed E-state index contributed by atoms with van der Waals surface area (Å²) in [5, 5.41) is 22.3. The SMILES string of the molecule is C=CC(=O)N1CCN(c2c(CO)nc3n2CCN(c2cccc4cccc(Cl)c24)C3)C[C@@H]1CC#N. The fraction of sp³-hybridized carbons (Fsp3) is 0.346. The molecule has 3 aromatic rings. The van der Waals surface area contributed by atoms with E-state index in [1.54, 1.807) is 4.90 Å². The molecule has 1 fully saturated rings. The highest BCUT2D eigenvalue weighted by Gasteiger charge is 2.34. The van der Waals surface area contributed by atoms with Crippen molar-refractivity contribution in [3.05, 3.63) is 65.6 Å². The van der Waals surface area contributed by atoms with E-state index in [0.717, 1.165) is 39.7 Å². The van der Waals surface area contributed by atoms with Crippen LogP contribution in [0.25, 0.3) is 10.8 Å². The second kappa shape index (κ2) is 9.61. The summed E-state index contributed by atoms with van der Waals surface area (Å²) in [5.41, 5.74) is 1.69. The third-order valence-corrected chi connectivity index (χ3v) is 7.22. The van der Waals surface area contributed by atoms with E-state index in [1.807, 2.05) is 18.2 Å². The number of fused-ring (bicyclic) bond motifs is 2. The molecule has 1 saturated heterocycles. The van der Waals surface area contributed by atoms with Gasteiger partial charge in [-0.25, -0.2) is 4.98 Å². The summed E-state index contributed by atoms with van der Waals surface area (Å²) in [7, 11) is 0. The highest BCUT2D eigenvalue weighted by atomic mass is 35.5. The molecule has 180 valence electrons. The van der Waals surface area contributed by atoms with E-state index in [-0.39, 0.29) is 25.0 Å². The van der Waals surface area contributed by atoms with Gasteiger partial charge in [0.2, 0.25) is 5.91 Å². The smallest absolute Gasteiger partial charge is 0.246 e. The van der Waals surface area contributed by atoms with Crippen LogP contribution in [0, 0.1) is 11.3 Å². The van der Waals surface area contributed by atoms with Gasteiger partial charge in [0, 0.05) is 43.8 Å². The Bertz CT molecular complexity index is 1320. The van der Waals surface area contributed by atoms with Crippen LogP contribution in [0.1, 0.15) is 17.9 Å². The molecule has 0 bridgehead atoms. The number of hydrogen-bond donors (Lipinski definition) is 1. The van der Waals surface area contributed by atoms with E-state index in [9.17, 15) is 15.2 Å². The lowest BCUT2D eigenvalue weighted by atomic mass is 10.1. The number of nitrogens with zero attached hydrogens (tertiary/aromatic N) is 6. The number of anilines is 2. The predicted octanol–water partition coefficient (Wildman–Crippen LogP) is 3.32. The van der Waals surface area contributed by atoms with Gasteiger partial charge in [-0.1, -0.05) is 42.4 Å². The maximum atomic E-state index is 12.3. The molecule has 1 N–H and O–H groups in total. The molecule has 0 saturated carbocycles. The molecule has 5 rings (SSSR count). The van der Waals surface area contributed by atoms with E-state index in [2.05, 4.69) is 45.2 Å². The third-order valence-electron chi connectivity index (χ3n) is 6.90. The number of benzene rings is 2. The summed E-state index contributed by atoms with van der Waals surface area (Å²) in [4.78, 5) is 23.2. The second-order valence-corrected chi connectivity index (χ2v) is 9.25. The number of imidazole rings is 1. The van der Waals surface area contributed by atoms with Crippen LogP contribution < -0.4 is 9.80 Å². The number of amides is 1. The molecule has 1 aromatic heterocycles. The van der Waals surface area contributed by atoms with Crippen molar-refractivity contribution in [2.75, 3.05) is 36.0 Å². The first kappa shape index (κ1) is 23.2. The molecular weight excluding hydrogens is 464 g/mol. The minimum atomic E-state index is -0.241. The fourth-order valence-electron chi connectivity index (χ4n) is 5.31. The molecule has 3 heterocycles. The molecule has 0 spiro atoms. The summed E-state index contributed by atoms with van der Waals surface area (Å²) < 4.78 is 2.17. The van der Waals surface area contributed by atoms with E-state index >= 15 is 0 Å². The number of aromatic nitrogens is 2. The van der Waals surface area contributed by atoms with Gasteiger partial charge in [-0.15, -0.1) is 0 Å². The Balaban J connectivity index is 1.46. The van der Waals surface area contributed by atoms with E-state index in [0.29, 0.717) is 38.4 Å². The van der Waals surface area contributed by atoms with E-state index < -0.39 is 0 Å². The first-order valence-electron chi connectivity index (χ1n) is 11.7. The van der Waals surface area contributed by atoms with Crippen LogP contribution in [0.3, 0.4) is 0 Å². The van der Waals surface area contributed by atoms with Crippen LogP contribution in [0.4, 0.5) is 11.5 Å². The maximum absolute atomic E-state index is 12.3. The van der Waals surface area contributed by atoms with Gasteiger partial charge in [0.1, 0.15) is 17.3 Å². The molecule has 2 aliphatic rings. The lowest BCUT2D eigenvalue weighted by Crippen LogP contribution is -2.55. The lowest BCUT2D eigenvalue weighted by molar-refractivity contribution is -0.128. The largest absolute Gasteiger partial charge is 0.390 e. The number of carbonyl (C=O) groups is 1. The molecule has 35 heavy (non-hydrogen) atoms. The van der Waals surface area contributed by atoms with Crippen molar-refractivity contribution in [1.29, 1.82) is 5.26 Å². The molecule has 2 aromatic carbocycles. The Labute approximate surface area is 209 Å². The Morgan fingerprint density at radius 2 is 1.97 bits per heavy atom. The molecule has 9 heteroatoms. The Morgan fingerprint density at radius 3 is 2.71 bits per heavy atom. The number of nitriles is 1. The number of aliphatic hydroxyl groups excluding tert-OH is 1. The summed E-state index contributed by atoms with van der Waals surface area (Å²) in [6.07, 6.45) is 1.54. The average Bonchev–Trinajstić information content (AvgIpc) is 3.26. The van der Waals surface area contributed by atoms with Crippen molar-refractivity contribution >= 4 is 39.8 Å². The van der Waals surface area contributed by atoms with Crippen LogP contribution in [0.5, 0.6) is 0 Å². The molecule has 0 radical (unpaired) electrons. The standard InChI is InChI=1S/C26H27ClN6O2/c1-2-24(35)32-13-12-31(15-19(32)9-10-28)26-21(17-34)29-23-16-30(11-14-33(23)26)22-8-4-6-18-5-3-7-20(27)25(18)22/h2-8,19,34H,1,9,11-17H2/t19-/m0/s1. The van der Waals surface area contributed by atoms with Gasteiger partial charge >= 0.3 is 0 Å². The quantitative estimate of drug-likeness (QED) is 0.552. The van der Waals surface area contributed by atoms with Crippen LogP contribution >= 0.6 is 11.6 Å². The molecule has 0 aliphatic carbocycles. The first-order chi connectivity index (χ1) is 17.0. The van der Waals surface area contributed by atoms with Gasteiger partial charge in [-0.2, -0.15) is 5.26 Å². The average molecular weight is 491 g/mol. The van der Waals surface area contributed by atoms with Crippen LogP contribution in [-0.4, -0.2) is 57.7 Å². The summed E-state index contributed by atoms with van der Waals surface area (Å²) in [5.74, 6) is 1.60. The Morgan fingerprint density at radius 1 is 1.20 bits per heavy atom. The van der Waals surface area contributed by atoms with Gasteiger partial charge in [0.15, 0.2) is 0 Å². The topological polar surface area (TPSA) is 88.6 Å². The molecule has 2 aliphatic heterocycles. The zero-order chi connectivity index (χ0) is 24.5. The molecule has 1 atom stereocenters. The van der Waals surface area contributed by atoms with Crippen molar-refractivity contribution in [1.82, 2.24) is 14.5 Å². The van der Waals surface area contributed by atoms with E-state index in [4.69, 9.17) is 16.6 Å². The minimum Gasteiger partial charge on any atom is -0.390 e. The second-order valence-electron chi connectivity index (χ2n) is 8.84. The molecular formula is C26H27ClN6O2. The minimum absolute atomic E-state index is 0.160. The number of hydrogen-bond acceptors (Lipinski definition) is 6. The van der Waals surface area contributed by atoms with Gasteiger partial charge < -0.3 is 24.4 Å². The van der Waals surface area contributed by atoms with Crippen LogP contribution in [0.15, 0.2) is 49.1 Å². The van der Waals surface area contributed by atoms with Crippen LogP contribution in [0.2, 0.25) is 5.02 Å². The van der Waals surface area contributed by atoms with Crippen molar-refractivity contribution < 1.29 is 9.90 Å². The normalized spacial score (nSPS) is 17.9. The zero-order valence-corrected chi connectivity index (χ0v) is 20.2. The molecule has 0 unspecified atom stereocenters. The van der Waals surface area contributed by atoms with Crippen LogP contribution in [-0.2, 0) is 24.5 Å². The first-order valence-corrected chi connectivity index (χ1v) is 12.1. The van der Waals surface area contributed by atoms with Gasteiger partial charge in [0.25, 0.3) is 0 Å². The Kier molecular flexibility index (Phi) is 6.37. The Hall–Kier alpha value is -3.54. The summed E-state index contributed by atoms with van der Waals surface area (Å²) in [6.45, 7) is 7.07. The lowest BCUT2D eigenvalue weighted by Gasteiger charge is -2.42. The molecule has 8 nitrogen and oxygen atoms in total. The number of rotatable bonds is 5. The number of carbonyl (C=O) groups excluding carboxylic acids is 1. The number of piperazine rings is 1. The van der Waals surface area contributed by atoms with E-state index in [1.165, 1.54) is 6.08 Å². The summed E-state index contributed by atoms with van der Waals surface area (Å²) in [6, 6.07) is 14.1. The number of halogens is 1. The highest BCUT2D eigenvalue weighted by Crippen LogP contribution is 2.36. The van der Waals surface area contributed by atoms with Crippen molar-refractivity contribution in [3.8, 4) is 6.07 Å². The fourth-order valence-corrected chi connectivity index (χ4v) is 5.59. The highest BCUT2D eigenvalue weighted by molar-refractivity contribution is 6.36. The van der Waals surface area contributed by atoms with Gasteiger partial charge in [-0.3, -0.25) is 4.79 Å². The summed E-state index contributed by atoms with van der Waals surface area (Å²) >= 11 is 6.57. The van der Waals surface area contributed by atoms with Gasteiger partial charge in [0.05, 0.1) is 36.7 Å². The predicted molar refractivity (Wildman–Crippen MR) is 136 cm³/mol. The van der Waals surface area contributed by atoms with Crippen molar-refractivity contribution in [3.63, 3.8) is 0 Å².